The van der Waals surface area contributed by atoms with E-state index in [4.69, 9.17) is 23.2 Å². The normalized spacial score (nSPS) is 13.5. The number of sulfone groups is 1. The molecule has 1 atom stereocenters. The first-order valence-corrected chi connectivity index (χ1v) is 11.8. The molecule has 6 nitrogen and oxygen atoms in total. The highest BCUT2D eigenvalue weighted by Gasteiger charge is 2.30. The van der Waals surface area contributed by atoms with Crippen molar-refractivity contribution in [2.45, 2.75) is 16.6 Å². The Morgan fingerprint density at radius 1 is 1.08 bits per heavy atom. The van der Waals surface area contributed by atoms with Gasteiger partial charge in [-0.3, -0.25) is 4.98 Å². The zero-order valence-electron chi connectivity index (χ0n) is 13.7. The zero-order valence-corrected chi connectivity index (χ0v) is 16.8. The van der Waals surface area contributed by atoms with E-state index in [2.05, 4.69) is 9.71 Å². The van der Waals surface area contributed by atoms with E-state index in [-0.39, 0.29) is 29.5 Å². The average Bonchev–Trinajstić information content (AvgIpc) is 2.61. The van der Waals surface area contributed by atoms with Crippen molar-refractivity contribution in [3.8, 4) is 0 Å². The average molecular weight is 437 g/mol. The fourth-order valence-corrected chi connectivity index (χ4v) is 5.54. The van der Waals surface area contributed by atoms with Gasteiger partial charge in [0.05, 0.1) is 10.6 Å². The lowest BCUT2D eigenvalue weighted by molar-refractivity contribution is 0.568. The fourth-order valence-electron chi connectivity index (χ4n) is 2.28. The second kappa shape index (κ2) is 9.14. The van der Waals surface area contributed by atoms with Crippen molar-refractivity contribution < 1.29 is 16.8 Å². The number of benzene rings is 1. The number of halogens is 2. The number of alkyl halides is 1. The van der Waals surface area contributed by atoms with E-state index in [1.165, 1.54) is 36.7 Å². The summed E-state index contributed by atoms with van der Waals surface area (Å²) >= 11 is 11.3. The predicted molar refractivity (Wildman–Crippen MR) is 103 cm³/mol. The molecule has 1 N–H and O–H groups in total. The molecule has 26 heavy (non-hydrogen) atoms. The Balaban J connectivity index is 2.34. The van der Waals surface area contributed by atoms with Gasteiger partial charge >= 0.3 is 0 Å². The van der Waals surface area contributed by atoms with Crippen LogP contribution in [0.3, 0.4) is 0 Å². The molecule has 0 saturated carbocycles. The molecule has 0 radical (unpaired) electrons. The summed E-state index contributed by atoms with van der Waals surface area (Å²) in [5.41, 5.74) is 0.391. The summed E-state index contributed by atoms with van der Waals surface area (Å²) in [5, 5.41) is -0.716. The van der Waals surface area contributed by atoms with E-state index in [9.17, 15) is 16.8 Å². The molecule has 1 unspecified atom stereocenters. The van der Waals surface area contributed by atoms with Crippen LogP contribution >= 0.6 is 23.2 Å². The van der Waals surface area contributed by atoms with Gasteiger partial charge in [0.25, 0.3) is 0 Å². The molecule has 0 amide bonds. The van der Waals surface area contributed by atoms with Crippen molar-refractivity contribution in [1.82, 2.24) is 9.71 Å². The highest BCUT2D eigenvalue weighted by Crippen LogP contribution is 2.29. The fraction of sp³-hybridized carbons (Fsp3) is 0.312. The minimum Gasteiger partial charge on any atom is -0.264 e. The summed E-state index contributed by atoms with van der Waals surface area (Å²) in [4.78, 5) is 3.99. The second-order valence-corrected chi connectivity index (χ2v) is 10.4. The summed E-state index contributed by atoms with van der Waals surface area (Å²) in [6.07, 6.45) is 3.20. The molecule has 0 spiro atoms. The smallest absolute Gasteiger partial charge is 0.211 e. The van der Waals surface area contributed by atoms with Gasteiger partial charge in [-0.15, -0.1) is 11.6 Å². The van der Waals surface area contributed by atoms with Crippen LogP contribution in [0.1, 0.15) is 17.2 Å². The lowest BCUT2D eigenvalue weighted by atomic mass is 10.2. The number of sulfonamides is 1. The molecule has 10 heteroatoms. The van der Waals surface area contributed by atoms with Gasteiger partial charge in [0.15, 0.2) is 9.84 Å². The molecule has 2 aromatic rings. The van der Waals surface area contributed by atoms with Crippen LogP contribution in [0.25, 0.3) is 0 Å². The minimum atomic E-state index is -3.87. The van der Waals surface area contributed by atoms with E-state index >= 15 is 0 Å². The maximum absolute atomic E-state index is 13.0. The highest BCUT2D eigenvalue weighted by molar-refractivity contribution is 7.92. The third kappa shape index (κ3) is 5.65. The number of nitrogens with one attached hydrogen (secondary N) is 1. The number of aromatic nitrogens is 1. The Morgan fingerprint density at radius 3 is 2.35 bits per heavy atom. The highest BCUT2D eigenvalue weighted by atomic mass is 35.5. The zero-order chi connectivity index (χ0) is 19.2. The van der Waals surface area contributed by atoms with Gasteiger partial charge < -0.3 is 0 Å². The van der Waals surface area contributed by atoms with Crippen LogP contribution in [0.4, 0.5) is 0 Å². The molecule has 0 aliphatic rings. The van der Waals surface area contributed by atoms with Crippen molar-refractivity contribution in [2.75, 3.05) is 18.2 Å². The summed E-state index contributed by atoms with van der Waals surface area (Å²) in [5.74, 6) is 0.0350. The number of hydrogen-bond acceptors (Lipinski definition) is 5. The third-order valence-electron chi connectivity index (χ3n) is 3.61. The molecule has 142 valence electrons. The Labute approximate surface area is 163 Å². The molecule has 0 saturated heterocycles. The number of pyridine rings is 1. The third-order valence-corrected chi connectivity index (χ3v) is 7.68. The van der Waals surface area contributed by atoms with Gasteiger partial charge in [0.2, 0.25) is 10.0 Å². The van der Waals surface area contributed by atoms with E-state index in [1.807, 2.05) is 0 Å². The van der Waals surface area contributed by atoms with Crippen molar-refractivity contribution in [3.05, 3.63) is 59.4 Å². The van der Waals surface area contributed by atoms with Gasteiger partial charge in [0.1, 0.15) is 5.25 Å². The van der Waals surface area contributed by atoms with Crippen molar-refractivity contribution in [1.29, 1.82) is 0 Å². The Morgan fingerprint density at radius 2 is 1.77 bits per heavy atom. The largest absolute Gasteiger partial charge is 0.264 e. The predicted octanol–water partition coefficient (Wildman–Crippen LogP) is 2.80. The van der Waals surface area contributed by atoms with Gasteiger partial charge in [-0.25, -0.2) is 21.6 Å². The van der Waals surface area contributed by atoms with Crippen LogP contribution < -0.4 is 4.72 Å². The van der Waals surface area contributed by atoms with Crippen LogP contribution in [-0.4, -0.2) is 40.0 Å². The van der Waals surface area contributed by atoms with E-state index in [1.54, 1.807) is 12.1 Å². The second-order valence-electron chi connectivity index (χ2n) is 5.48. The molecule has 0 aliphatic carbocycles. The molecule has 2 rings (SSSR count). The van der Waals surface area contributed by atoms with Gasteiger partial charge in [-0.2, -0.15) is 0 Å². The molecule has 1 aromatic carbocycles. The number of rotatable bonds is 9. The van der Waals surface area contributed by atoms with Crippen LogP contribution in [0.15, 0.2) is 53.7 Å². The monoisotopic (exact) mass is 436 g/mol. The topological polar surface area (TPSA) is 93.2 Å². The number of nitrogens with zero attached hydrogens (tertiary/aromatic N) is 1. The maximum atomic E-state index is 13.0. The molecule has 0 bridgehead atoms. The maximum Gasteiger partial charge on any atom is 0.211 e. The summed E-state index contributed by atoms with van der Waals surface area (Å²) in [7, 11) is -7.50. The standard InChI is InChI=1S/C16H18Cl2N2O4S2/c17-8-2-10-25(21,22)20-12-16(13-3-1-9-19-11-13)26(23,24)15-6-4-14(18)5-7-15/h1,3-7,9,11,16,20H,2,8,10,12H2. The SMILES string of the molecule is O=S(=O)(CCCCl)NCC(c1cccnc1)S(=O)(=O)c1ccc(Cl)cc1. The Kier molecular flexibility index (Phi) is 7.42. The first-order chi connectivity index (χ1) is 12.3. The minimum absolute atomic E-state index is 0.0516. The first kappa shape index (κ1) is 21.1. The van der Waals surface area contributed by atoms with Gasteiger partial charge in [-0.1, -0.05) is 17.7 Å². The Hall–Kier alpha value is -1.19. The van der Waals surface area contributed by atoms with Crippen LogP contribution in [0.5, 0.6) is 0 Å². The van der Waals surface area contributed by atoms with Crippen molar-refractivity contribution in [3.63, 3.8) is 0 Å². The molecule has 1 heterocycles. The summed E-state index contributed by atoms with van der Waals surface area (Å²) in [6, 6.07) is 8.92. The van der Waals surface area contributed by atoms with Crippen molar-refractivity contribution in [2.24, 2.45) is 0 Å². The molecule has 1 aromatic heterocycles. The van der Waals surface area contributed by atoms with E-state index in [0.717, 1.165) is 0 Å². The summed E-state index contributed by atoms with van der Waals surface area (Å²) in [6.45, 7) is -0.304. The van der Waals surface area contributed by atoms with Gasteiger partial charge in [-0.05, 0) is 42.3 Å². The van der Waals surface area contributed by atoms with Gasteiger partial charge in [0, 0.05) is 29.8 Å². The van der Waals surface area contributed by atoms with E-state index in [0.29, 0.717) is 10.6 Å². The quantitative estimate of drug-likeness (QED) is 0.609. The summed E-state index contributed by atoms with van der Waals surface area (Å²) < 4.78 is 52.5. The van der Waals surface area contributed by atoms with E-state index < -0.39 is 25.1 Å². The van der Waals surface area contributed by atoms with Crippen LogP contribution in [0.2, 0.25) is 5.02 Å². The Bertz CT molecular complexity index is 918. The lowest BCUT2D eigenvalue weighted by Gasteiger charge is -2.19. The number of hydrogen-bond donors (Lipinski definition) is 1. The molecular weight excluding hydrogens is 419 g/mol. The van der Waals surface area contributed by atoms with Crippen molar-refractivity contribution >= 4 is 43.1 Å². The first-order valence-electron chi connectivity index (χ1n) is 7.69. The molecule has 0 aliphatic heterocycles. The van der Waals surface area contributed by atoms with Crippen LogP contribution in [0, 0.1) is 0 Å². The lowest BCUT2D eigenvalue weighted by Crippen LogP contribution is -2.33. The van der Waals surface area contributed by atoms with Crippen LogP contribution in [-0.2, 0) is 19.9 Å². The molecule has 0 fully saturated rings. The molecular formula is C16H18Cl2N2O4S2.